The Kier molecular flexibility index (Phi) is 7.26. The van der Waals surface area contributed by atoms with E-state index in [4.69, 9.17) is 46.4 Å². The number of amides is 1. The standard InChI is InChI=1S/C19H19Cl4N3O/c20-14-5-4-13(10-17(14)23)11-25-6-8-26(9-7-25)12-18(27)24-19-15(21)2-1-3-16(19)22/h1-5,10H,6-9,11-12H2,(H,24,27). The van der Waals surface area contributed by atoms with Crippen molar-refractivity contribution in [2.75, 3.05) is 38.0 Å². The number of hydrogen-bond acceptors (Lipinski definition) is 3. The number of benzene rings is 2. The van der Waals surface area contributed by atoms with E-state index in [-0.39, 0.29) is 5.91 Å². The van der Waals surface area contributed by atoms with Crippen molar-refractivity contribution in [3.05, 3.63) is 62.1 Å². The SMILES string of the molecule is O=C(CN1CCN(Cc2ccc(Cl)c(Cl)c2)CC1)Nc1c(Cl)cccc1Cl. The number of carbonyl (C=O) groups is 1. The Bertz CT molecular complexity index is 802. The molecule has 0 bridgehead atoms. The number of nitrogens with one attached hydrogen (secondary N) is 1. The van der Waals surface area contributed by atoms with Gasteiger partial charge in [0.2, 0.25) is 5.91 Å². The summed E-state index contributed by atoms with van der Waals surface area (Å²) < 4.78 is 0. The first-order chi connectivity index (χ1) is 12.9. The highest BCUT2D eigenvalue weighted by Gasteiger charge is 2.20. The highest BCUT2D eigenvalue weighted by molar-refractivity contribution is 6.42. The Morgan fingerprint density at radius 3 is 2.11 bits per heavy atom. The minimum Gasteiger partial charge on any atom is -0.322 e. The van der Waals surface area contributed by atoms with Gasteiger partial charge < -0.3 is 5.32 Å². The maximum absolute atomic E-state index is 12.3. The van der Waals surface area contributed by atoms with Crippen LogP contribution in [-0.2, 0) is 11.3 Å². The van der Waals surface area contributed by atoms with Crippen molar-refractivity contribution in [2.24, 2.45) is 0 Å². The quantitative estimate of drug-likeness (QED) is 0.697. The lowest BCUT2D eigenvalue weighted by Crippen LogP contribution is -2.48. The van der Waals surface area contributed by atoms with Crippen LogP contribution in [0.5, 0.6) is 0 Å². The zero-order chi connectivity index (χ0) is 19.4. The topological polar surface area (TPSA) is 35.6 Å². The first-order valence-electron chi connectivity index (χ1n) is 8.55. The van der Waals surface area contributed by atoms with Gasteiger partial charge in [-0.1, -0.05) is 58.5 Å². The fourth-order valence-electron chi connectivity index (χ4n) is 3.00. The molecule has 0 saturated carbocycles. The molecule has 1 aliphatic rings. The minimum atomic E-state index is -0.122. The van der Waals surface area contributed by atoms with Crippen LogP contribution in [0.2, 0.25) is 20.1 Å². The van der Waals surface area contributed by atoms with Crippen LogP contribution >= 0.6 is 46.4 Å². The normalized spacial score (nSPS) is 15.7. The van der Waals surface area contributed by atoms with E-state index >= 15 is 0 Å². The Morgan fingerprint density at radius 1 is 0.852 bits per heavy atom. The van der Waals surface area contributed by atoms with Crippen molar-refractivity contribution in [2.45, 2.75) is 6.54 Å². The maximum Gasteiger partial charge on any atom is 0.238 e. The van der Waals surface area contributed by atoms with Crippen LogP contribution in [0.4, 0.5) is 5.69 Å². The zero-order valence-corrected chi connectivity index (χ0v) is 17.5. The van der Waals surface area contributed by atoms with Crippen LogP contribution in [-0.4, -0.2) is 48.4 Å². The molecular weight excluding hydrogens is 428 g/mol. The molecule has 1 N–H and O–H groups in total. The summed E-state index contributed by atoms with van der Waals surface area (Å²) in [5.41, 5.74) is 1.59. The molecule has 1 heterocycles. The third-order valence-corrected chi connectivity index (χ3v) is 5.82. The van der Waals surface area contributed by atoms with Gasteiger partial charge in [-0.2, -0.15) is 0 Å². The number of piperazine rings is 1. The Morgan fingerprint density at radius 2 is 1.48 bits per heavy atom. The minimum absolute atomic E-state index is 0.122. The van der Waals surface area contributed by atoms with E-state index in [1.165, 1.54) is 0 Å². The summed E-state index contributed by atoms with van der Waals surface area (Å²) in [5, 5.41) is 4.81. The molecule has 1 amide bonds. The van der Waals surface area contributed by atoms with Gasteiger partial charge in [-0.25, -0.2) is 0 Å². The fraction of sp³-hybridized carbons (Fsp3) is 0.316. The molecule has 1 aliphatic heterocycles. The number of halogens is 4. The lowest BCUT2D eigenvalue weighted by molar-refractivity contribution is -0.117. The predicted molar refractivity (Wildman–Crippen MR) is 113 cm³/mol. The summed E-state index contributed by atoms with van der Waals surface area (Å²) in [6.07, 6.45) is 0. The van der Waals surface area contributed by atoms with E-state index in [0.29, 0.717) is 32.3 Å². The van der Waals surface area contributed by atoms with Gasteiger partial charge in [0, 0.05) is 32.7 Å². The highest BCUT2D eigenvalue weighted by Crippen LogP contribution is 2.29. The van der Waals surface area contributed by atoms with Crippen LogP contribution in [0, 0.1) is 0 Å². The molecule has 27 heavy (non-hydrogen) atoms. The van der Waals surface area contributed by atoms with Crippen LogP contribution in [0.3, 0.4) is 0 Å². The number of para-hydroxylation sites is 1. The summed E-state index contributed by atoms with van der Waals surface area (Å²) in [7, 11) is 0. The summed E-state index contributed by atoms with van der Waals surface area (Å²) in [6, 6.07) is 10.8. The van der Waals surface area contributed by atoms with Crippen molar-refractivity contribution in [1.82, 2.24) is 9.80 Å². The first kappa shape index (κ1) is 20.7. The molecule has 0 spiro atoms. The van der Waals surface area contributed by atoms with Crippen molar-refractivity contribution in [1.29, 1.82) is 0 Å². The average molecular weight is 447 g/mol. The molecular formula is C19H19Cl4N3O. The van der Waals surface area contributed by atoms with E-state index in [0.717, 1.165) is 38.3 Å². The van der Waals surface area contributed by atoms with Crippen molar-refractivity contribution < 1.29 is 4.79 Å². The van der Waals surface area contributed by atoms with Gasteiger partial charge in [0.25, 0.3) is 0 Å². The molecule has 2 aromatic rings. The van der Waals surface area contributed by atoms with Crippen LogP contribution in [0.15, 0.2) is 36.4 Å². The zero-order valence-electron chi connectivity index (χ0n) is 14.5. The van der Waals surface area contributed by atoms with Gasteiger partial charge in [0.1, 0.15) is 0 Å². The second-order valence-electron chi connectivity index (χ2n) is 6.45. The van der Waals surface area contributed by atoms with E-state index in [9.17, 15) is 4.79 Å². The largest absolute Gasteiger partial charge is 0.322 e. The molecule has 0 radical (unpaired) electrons. The van der Waals surface area contributed by atoms with Crippen molar-refractivity contribution in [3.63, 3.8) is 0 Å². The third-order valence-electron chi connectivity index (χ3n) is 4.45. The van der Waals surface area contributed by atoms with E-state index in [1.54, 1.807) is 18.2 Å². The maximum atomic E-state index is 12.3. The molecule has 0 unspecified atom stereocenters. The Balaban J connectivity index is 1.47. The van der Waals surface area contributed by atoms with Gasteiger partial charge in [-0.05, 0) is 29.8 Å². The van der Waals surface area contributed by atoms with Gasteiger partial charge in [-0.3, -0.25) is 14.6 Å². The molecule has 8 heteroatoms. The van der Waals surface area contributed by atoms with Crippen LogP contribution < -0.4 is 5.32 Å². The average Bonchev–Trinajstić information content (AvgIpc) is 2.63. The highest BCUT2D eigenvalue weighted by atomic mass is 35.5. The van der Waals surface area contributed by atoms with E-state index < -0.39 is 0 Å². The predicted octanol–water partition coefficient (Wildman–Crippen LogP) is 5.06. The number of carbonyl (C=O) groups excluding carboxylic acids is 1. The molecule has 2 aromatic carbocycles. The molecule has 3 rings (SSSR count). The Labute approximate surface area is 178 Å². The van der Waals surface area contributed by atoms with Gasteiger partial charge >= 0.3 is 0 Å². The molecule has 1 fully saturated rings. The smallest absolute Gasteiger partial charge is 0.238 e. The monoisotopic (exact) mass is 445 g/mol. The van der Waals surface area contributed by atoms with Gasteiger partial charge in [0.15, 0.2) is 0 Å². The van der Waals surface area contributed by atoms with Crippen molar-refractivity contribution in [3.8, 4) is 0 Å². The van der Waals surface area contributed by atoms with Gasteiger partial charge in [0.05, 0.1) is 32.3 Å². The second-order valence-corrected chi connectivity index (χ2v) is 8.07. The van der Waals surface area contributed by atoms with Gasteiger partial charge in [-0.15, -0.1) is 0 Å². The number of rotatable bonds is 5. The van der Waals surface area contributed by atoms with Crippen molar-refractivity contribution >= 4 is 58.0 Å². The lowest BCUT2D eigenvalue weighted by Gasteiger charge is -2.34. The lowest BCUT2D eigenvalue weighted by atomic mass is 10.2. The fourth-order valence-corrected chi connectivity index (χ4v) is 3.81. The summed E-state index contributed by atoms with van der Waals surface area (Å²) in [4.78, 5) is 16.8. The molecule has 1 saturated heterocycles. The third kappa shape index (κ3) is 5.74. The summed E-state index contributed by atoms with van der Waals surface area (Å²) in [5.74, 6) is -0.122. The molecule has 0 aliphatic carbocycles. The number of anilines is 1. The van der Waals surface area contributed by atoms with Crippen LogP contribution in [0.1, 0.15) is 5.56 Å². The molecule has 0 aromatic heterocycles. The summed E-state index contributed by atoms with van der Waals surface area (Å²) in [6.45, 7) is 4.49. The van der Waals surface area contributed by atoms with E-state index in [2.05, 4.69) is 15.1 Å². The number of hydrogen-bond donors (Lipinski definition) is 1. The first-order valence-corrected chi connectivity index (χ1v) is 10.1. The van der Waals surface area contributed by atoms with Crippen LogP contribution in [0.25, 0.3) is 0 Å². The molecule has 144 valence electrons. The summed E-state index contributed by atoms with van der Waals surface area (Å²) >= 11 is 24.2. The molecule has 0 atom stereocenters. The number of nitrogens with zero attached hydrogens (tertiary/aromatic N) is 2. The molecule has 4 nitrogen and oxygen atoms in total. The Hall–Kier alpha value is -1.01. The second kappa shape index (κ2) is 9.46. The van der Waals surface area contributed by atoms with E-state index in [1.807, 2.05) is 18.2 Å².